The molecule has 0 aliphatic carbocycles. The molecule has 0 unspecified atom stereocenters. The van der Waals surface area contributed by atoms with Crippen LogP contribution in [0.3, 0.4) is 0 Å². The highest BCUT2D eigenvalue weighted by Crippen LogP contribution is 2.35. The molecule has 4 aromatic rings. The van der Waals surface area contributed by atoms with Gasteiger partial charge in [-0.25, -0.2) is 9.97 Å². The Balaban J connectivity index is 1.52. The van der Waals surface area contributed by atoms with Crippen LogP contribution in [0.25, 0.3) is 0 Å². The van der Waals surface area contributed by atoms with Gasteiger partial charge >= 0.3 is 0 Å². The van der Waals surface area contributed by atoms with Crippen LogP contribution in [0.2, 0.25) is 0 Å². The van der Waals surface area contributed by atoms with Crippen molar-refractivity contribution < 1.29 is 13.9 Å². The number of hydrogen-bond donors (Lipinski definition) is 1. The zero-order valence-corrected chi connectivity index (χ0v) is 18.0. The number of rotatable bonds is 7. The molecule has 2 heterocycles. The summed E-state index contributed by atoms with van der Waals surface area (Å²) in [7, 11) is 0. The second kappa shape index (κ2) is 9.49. The van der Waals surface area contributed by atoms with Crippen LogP contribution in [0.15, 0.2) is 87.4 Å². The van der Waals surface area contributed by atoms with Gasteiger partial charge < -0.3 is 14.5 Å². The number of carbonyl (C=O) groups is 1. The van der Waals surface area contributed by atoms with Gasteiger partial charge in [-0.1, -0.05) is 41.6 Å². The van der Waals surface area contributed by atoms with Crippen LogP contribution in [0.4, 0.5) is 0 Å². The lowest BCUT2D eigenvalue weighted by Gasteiger charge is -2.11. The molecule has 0 atom stereocenters. The van der Waals surface area contributed by atoms with E-state index in [1.54, 1.807) is 18.5 Å². The topological polar surface area (TPSA) is 77.2 Å². The van der Waals surface area contributed by atoms with Gasteiger partial charge in [-0.2, -0.15) is 0 Å². The normalized spacial score (nSPS) is 10.6. The Morgan fingerprint density at radius 1 is 1.00 bits per heavy atom. The lowest BCUT2D eigenvalue weighted by atomic mass is 10.2. The van der Waals surface area contributed by atoms with Gasteiger partial charge in [-0.3, -0.25) is 4.79 Å². The van der Waals surface area contributed by atoms with Crippen molar-refractivity contribution in [2.75, 3.05) is 0 Å². The van der Waals surface area contributed by atoms with E-state index in [2.05, 4.69) is 15.3 Å². The Bertz CT molecular complexity index is 1190. The summed E-state index contributed by atoms with van der Waals surface area (Å²) in [5.41, 5.74) is 1.69. The van der Waals surface area contributed by atoms with E-state index >= 15 is 0 Å². The van der Waals surface area contributed by atoms with Crippen molar-refractivity contribution in [2.24, 2.45) is 0 Å². The van der Waals surface area contributed by atoms with Crippen LogP contribution >= 0.6 is 11.8 Å². The first kappa shape index (κ1) is 20.7. The van der Waals surface area contributed by atoms with Crippen molar-refractivity contribution in [3.05, 3.63) is 95.7 Å². The van der Waals surface area contributed by atoms with E-state index in [0.717, 1.165) is 16.2 Å². The molecule has 0 aliphatic rings. The molecule has 156 valence electrons. The maximum absolute atomic E-state index is 12.8. The molecule has 2 aromatic heterocycles. The first-order chi connectivity index (χ1) is 15.1. The van der Waals surface area contributed by atoms with Gasteiger partial charge in [0.1, 0.15) is 17.3 Å². The number of hydrogen-bond acceptors (Lipinski definition) is 6. The fourth-order valence-electron chi connectivity index (χ4n) is 2.86. The van der Waals surface area contributed by atoms with E-state index in [4.69, 9.17) is 9.15 Å². The zero-order chi connectivity index (χ0) is 21.6. The monoisotopic (exact) mass is 431 g/mol. The molecule has 0 bridgehead atoms. The molecule has 1 amide bonds. The standard InChI is InChI=1S/C24H21N3O3S/c1-16-7-10-18(11-8-16)30-23-24(26-14-13-25-23)31-21-6-4-3-5-20(21)22(28)27-15-19-12-9-17(2)29-19/h3-14H,15H2,1-2H3,(H,27,28). The summed E-state index contributed by atoms with van der Waals surface area (Å²) in [5, 5.41) is 3.48. The summed E-state index contributed by atoms with van der Waals surface area (Å²) in [6.07, 6.45) is 3.18. The largest absolute Gasteiger partial charge is 0.465 e. The minimum atomic E-state index is -0.193. The van der Waals surface area contributed by atoms with Crippen LogP contribution in [0.5, 0.6) is 11.6 Å². The molecule has 7 heteroatoms. The highest BCUT2D eigenvalue weighted by atomic mass is 32.2. The average Bonchev–Trinajstić information content (AvgIpc) is 3.20. The third-order valence-electron chi connectivity index (χ3n) is 4.43. The summed E-state index contributed by atoms with van der Waals surface area (Å²) in [6, 6.07) is 18.8. The Hall–Kier alpha value is -3.58. The molecule has 0 spiro atoms. The average molecular weight is 432 g/mol. The maximum Gasteiger partial charge on any atom is 0.252 e. The van der Waals surface area contributed by atoms with Gasteiger partial charge in [0.15, 0.2) is 5.03 Å². The second-order valence-corrected chi connectivity index (χ2v) is 7.91. The molecule has 31 heavy (non-hydrogen) atoms. The molecule has 0 aliphatic heterocycles. The first-order valence-corrected chi connectivity index (χ1v) is 10.6. The van der Waals surface area contributed by atoms with Gasteiger partial charge in [0.25, 0.3) is 11.8 Å². The Kier molecular flexibility index (Phi) is 6.33. The lowest BCUT2D eigenvalue weighted by molar-refractivity contribution is 0.0945. The molecule has 0 fully saturated rings. The number of furan rings is 1. The van der Waals surface area contributed by atoms with Crippen LogP contribution < -0.4 is 10.1 Å². The van der Waals surface area contributed by atoms with Crippen LogP contribution in [0, 0.1) is 13.8 Å². The number of benzene rings is 2. The van der Waals surface area contributed by atoms with Crippen molar-refractivity contribution in [1.29, 1.82) is 0 Å². The molecular weight excluding hydrogens is 410 g/mol. The SMILES string of the molecule is Cc1ccc(Oc2nccnc2Sc2ccccc2C(=O)NCc2ccc(C)o2)cc1. The summed E-state index contributed by atoms with van der Waals surface area (Å²) in [4.78, 5) is 22.3. The summed E-state index contributed by atoms with van der Waals surface area (Å²) in [6.45, 7) is 4.20. The van der Waals surface area contributed by atoms with E-state index in [9.17, 15) is 4.79 Å². The number of nitrogens with one attached hydrogen (secondary N) is 1. The Morgan fingerprint density at radius 2 is 1.77 bits per heavy atom. The predicted molar refractivity (Wildman–Crippen MR) is 118 cm³/mol. The molecule has 6 nitrogen and oxygen atoms in total. The highest BCUT2D eigenvalue weighted by Gasteiger charge is 2.16. The first-order valence-electron chi connectivity index (χ1n) is 9.74. The fraction of sp³-hybridized carbons (Fsp3) is 0.125. The summed E-state index contributed by atoms with van der Waals surface area (Å²) < 4.78 is 11.5. The van der Waals surface area contributed by atoms with Crippen LogP contribution in [-0.2, 0) is 6.54 Å². The van der Waals surface area contributed by atoms with Crippen molar-refractivity contribution in [3.63, 3.8) is 0 Å². The minimum Gasteiger partial charge on any atom is -0.465 e. The summed E-state index contributed by atoms with van der Waals surface area (Å²) >= 11 is 1.33. The minimum absolute atomic E-state index is 0.193. The third kappa shape index (κ3) is 5.32. The van der Waals surface area contributed by atoms with Crippen molar-refractivity contribution in [3.8, 4) is 11.6 Å². The van der Waals surface area contributed by atoms with E-state index in [1.807, 2.05) is 68.4 Å². The number of aromatic nitrogens is 2. The number of amides is 1. The molecule has 0 saturated carbocycles. The van der Waals surface area contributed by atoms with E-state index in [1.165, 1.54) is 11.8 Å². The van der Waals surface area contributed by atoms with Crippen molar-refractivity contribution in [2.45, 2.75) is 30.3 Å². The molecule has 1 N–H and O–H groups in total. The number of ether oxygens (including phenoxy) is 1. The van der Waals surface area contributed by atoms with Crippen LogP contribution in [0.1, 0.15) is 27.4 Å². The fourth-order valence-corrected chi connectivity index (χ4v) is 3.78. The third-order valence-corrected chi connectivity index (χ3v) is 5.48. The quantitative estimate of drug-likeness (QED) is 0.413. The Labute approximate surface area is 184 Å². The number of aryl methyl sites for hydroxylation is 2. The molecule has 0 saturated heterocycles. The van der Waals surface area contributed by atoms with E-state index in [-0.39, 0.29) is 5.91 Å². The summed E-state index contributed by atoms with van der Waals surface area (Å²) in [5.74, 6) is 2.38. The van der Waals surface area contributed by atoms with E-state index < -0.39 is 0 Å². The smallest absolute Gasteiger partial charge is 0.252 e. The zero-order valence-electron chi connectivity index (χ0n) is 17.2. The van der Waals surface area contributed by atoms with Crippen molar-refractivity contribution >= 4 is 17.7 Å². The van der Waals surface area contributed by atoms with Gasteiger partial charge in [0.05, 0.1) is 12.1 Å². The van der Waals surface area contributed by atoms with Gasteiger partial charge in [0.2, 0.25) is 0 Å². The highest BCUT2D eigenvalue weighted by molar-refractivity contribution is 7.99. The maximum atomic E-state index is 12.8. The molecule has 4 rings (SSSR count). The Morgan fingerprint density at radius 3 is 2.55 bits per heavy atom. The van der Waals surface area contributed by atoms with Crippen LogP contribution in [-0.4, -0.2) is 15.9 Å². The predicted octanol–water partition coefficient (Wildman–Crippen LogP) is 5.56. The molecule has 2 aromatic carbocycles. The van der Waals surface area contributed by atoms with Gasteiger partial charge in [-0.15, -0.1) is 0 Å². The van der Waals surface area contributed by atoms with Gasteiger partial charge in [-0.05, 0) is 50.2 Å². The molecule has 0 radical (unpaired) electrons. The van der Waals surface area contributed by atoms with E-state index in [0.29, 0.717) is 34.5 Å². The number of carbonyl (C=O) groups excluding carboxylic acids is 1. The second-order valence-electron chi connectivity index (χ2n) is 6.88. The number of nitrogens with zero attached hydrogens (tertiary/aromatic N) is 2. The van der Waals surface area contributed by atoms with Gasteiger partial charge in [0, 0.05) is 17.3 Å². The van der Waals surface area contributed by atoms with Crippen molar-refractivity contribution in [1.82, 2.24) is 15.3 Å². The lowest BCUT2D eigenvalue weighted by Crippen LogP contribution is -2.23. The molecular formula is C24H21N3O3S.